The van der Waals surface area contributed by atoms with Crippen LogP contribution in [0.3, 0.4) is 0 Å². The van der Waals surface area contributed by atoms with E-state index in [1.807, 2.05) is 6.92 Å². The van der Waals surface area contributed by atoms with Gasteiger partial charge in [0.2, 0.25) is 0 Å². The number of allylic oxidation sites excluding steroid dienone is 1. The molecule has 1 nitrogen and oxygen atoms in total. The van der Waals surface area contributed by atoms with Gasteiger partial charge in [0.15, 0.2) is 0 Å². The molecule has 1 N–H and O–H groups in total. The van der Waals surface area contributed by atoms with Crippen molar-refractivity contribution in [1.29, 1.82) is 0 Å². The molecule has 1 aliphatic carbocycles. The highest BCUT2D eigenvalue weighted by Crippen LogP contribution is 2.27. The van der Waals surface area contributed by atoms with Gasteiger partial charge in [-0.1, -0.05) is 30.9 Å². The Kier molecular flexibility index (Phi) is 2.18. The molecule has 0 bridgehead atoms. The second kappa shape index (κ2) is 2.95. The summed E-state index contributed by atoms with van der Waals surface area (Å²) in [4.78, 5) is 0. The van der Waals surface area contributed by atoms with Gasteiger partial charge in [0.1, 0.15) is 0 Å². The monoisotopic (exact) mass is 149 g/mol. The Hall–Kier alpha value is -0.980. The summed E-state index contributed by atoms with van der Waals surface area (Å²) in [5, 5.41) is 3.25. The first-order valence-corrected chi connectivity index (χ1v) is 3.88. The van der Waals surface area contributed by atoms with E-state index in [2.05, 4.69) is 25.1 Å². The van der Waals surface area contributed by atoms with Gasteiger partial charge in [-0.15, -0.1) is 0 Å². The minimum atomic E-state index is 0.285. The van der Waals surface area contributed by atoms with Crippen LogP contribution in [0.25, 0.3) is 0 Å². The van der Waals surface area contributed by atoms with Crippen molar-refractivity contribution in [1.82, 2.24) is 5.32 Å². The topological polar surface area (TPSA) is 12.0 Å². The van der Waals surface area contributed by atoms with Crippen LogP contribution in [-0.2, 0) is 0 Å². The summed E-state index contributed by atoms with van der Waals surface area (Å²) in [7, 11) is 0. The molecular weight excluding hydrogens is 134 g/mol. The van der Waals surface area contributed by atoms with Crippen LogP contribution in [0.5, 0.6) is 0 Å². The molecule has 0 atom stereocenters. The molecule has 1 rings (SSSR count). The molecule has 0 radical (unpaired) electrons. The van der Waals surface area contributed by atoms with Gasteiger partial charge in [-0.05, 0) is 19.8 Å². The lowest BCUT2D eigenvalue weighted by atomic mass is 10.1. The molecule has 0 spiro atoms. The third-order valence-corrected chi connectivity index (χ3v) is 1.97. The van der Waals surface area contributed by atoms with E-state index in [0.717, 1.165) is 18.5 Å². The fourth-order valence-corrected chi connectivity index (χ4v) is 1.35. The zero-order valence-electron chi connectivity index (χ0n) is 7.11. The Morgan fingerprint density at radius 1 is 1.36 bits per heavy atom. The molecule has 0 saturated heterocycles. The van der Waals surface area contributed by atoms with E-state index in [-0.39, 0.29) is 6.04 Å². The lowest BCUT2D eigenvalue weighted by Crippen LogP contribution is -2.26. The minimum absolute atomic E-state index is 0.285. The predicted octanol–water partition coefficient (Wildman–Crippen LogP) is 2.38. The fourth-order valence-electron chi connectivity index (χ4n) is 1.35. The second-order valence-corrected chi connectivity index (χ2v) is 3.17. The highest BCUT2D eigenvalue weighted by atomic mass is 14.9. The first-order valence-electron chi connectivity index (χ1n) is 3.88. The van der Waals surface area contributed by atoms with Crippen molar-refractivity contribution in [3.8, 4) is 0 Å². The van der Waals surface area contributed by atoms with Crippen molar-refractivity contribution in [3.63, 3.8) is 0 Å². The zero-order chi connectivity index (χ0) is 8.43. The maximum absolute atomic E-state index is 3.97. The van der Waals surface area contributed by atoms with Gasteiger partial charge >= 0.3 is 0 Å². The summed E-state index contributed by atoms with van der Waals surface area (Å²) in [6.45, 7) is 13.7. The maximum Gasteiger partial charge on any atom is 0.0678 e. The Bertz CT molecular complexity index is 197. The molecule has 1 heteroatoms. The van der Waals surface area contributed by atoms with Crippen LogP contribution in [0.4, 0.5) is 0 Å². The third-order valence-electron chi connectivity index (χ3n) is 1.97. The molecule has 0 heterocycles. The van der Waals surface area contributed by atoms with Crippen LogP contribution in [0, 0.1) is 0 Å². The summed E-state index contributed by atoms with van der Waals surface area (Å²) in [5.74, 6) is 0. The van der Waals surface area contributed by atoms with Crippen molar-refractivity contribution in [2.45, 2.75) is 25.8 Å². The largest absolute Gasteiger partial charge is 0.379 e. The lowest BCUT2D eigenvalue weighted by molar-refractivity contribution is 0.751. The van der Waals surface area contributed by atoms with Gasteiger partial charge in [-0.25, -0.2) is 0 Å². The van der Waals surface area contributed by atoms with Gasteiger partial charge in [0, 0.05) is 5.70 Å². The van der Waals surface area contributed by atoms with E-state index in [1.165, 1.54) is 11.1 Å². The molecule has 1 aliphatic rings. The smallest absolute Gasteiger partial charge is 0.0678 e. The van der Waals surface area contributed by atoms with Crippen molar-refractivity contribution in [2.24, 2.45) is 0 Å². The predicted molar refractivity (Wildman–Crippen MR) is 49.3 cm³/mol. The summed E-state index contributed by atoms with van der Waals surface area (Å²) >= 11 is 0. The molecule has 0 aromatic heterocycles. The number of hydrogen-bond acceptors (Lipinski definition) is 1. The van der Waals surface area contributed by atoms with Crippen molar-refractivity contribution in [3.05, 3.63) is 36.6 Å². The molecule has 1 saturated carbocycles. The summed E-state index contributed by atoms with van der Waals surface area (Å²) in [6.07, 6.45) is 2.15. The first kappa shape index (κ1) is 8.12. The van der Waals surface area contributed by atoms with Gasteiger partial charge in [0.25, 0.3) is 0 Å². The van der Waals surface area contributed by atoms with Gasteiger partial charge in [-0.3, -0.25) is 0 Å². The molecule has 1 fully saturated rings. The average Bonchev–Trinajstić information content (AvgIpc) is 2.18. The van der Waals surface area contributed by atoms with Gasteiger partial charge in [-0.2, -0.15) is 0 Å². The summed E-state index contributed by atoms with van der Waals surface area (Å²) in [5.41, 5.74) is 3.45. The van der Waals surface area contributed by atoms with E-state index >= 15 is 0 Å². The molecular formula is C10H15N. The molecule has 0 aromatic rings. The number of rotatable bonds is 2. The Labute approximate surface area is 68.5 Å². The van der Waals surface area contributed by atoms with Crippen LogP contribution < -0.4 is 5.32 Å². The van der Waals surface area contributed by atoms with Crippen LogP contribution in [0.15, 0.2) is 36.6 Å². The Morgan fingerprint density at radius 3 is 2.18 bits per heavy atom. The second-order valence-electron chi connectivity index (χ2n) is 3.17. The highest BCUT2D eigenvalue weighted by Gasteiger charge is 2.21. The minimum Gasteiger partial charge on any atom is -0.379 e. The summed E-state index contributed by atoms with van der Waals surface area (Å²) in [6, 6.07) is 0.285. The quantitative estimate of drug-likeness (QED) is 0.594. The fraction of sp³-hybridized carbons (Fsp3) is 0.400. The molecule has 0 aromatic carbocycles. The van der Waals surface area contributed by atoms with E-state index in [1.54, 1.807) is 0 Å². The standard InChI is InChI=1S/C10H15N/c1-7(2)11-10-8(3)5-6-9(10)4/h10-11H,1,3-6H2,2H3. The summed E-state index contributed by atoms with van der Waals surface area (Å²) < 4.78 is 0. The molecule has 60 valence electrons. The van der Waals surface area contributed by atoms with Crippen LogP contribution in [-0.4, -0.2) is 6.04 Å². The average molecular weight is 149 g/mol. The molecule has 0 unspecified atom stereocenters. The van der Waals surface area contributed by atoms with Gasteiger partial charge in [0.05, 0.1) is 6.04 Å². The van der Waals surface area contributed by atoms with Crippen LogP contribution >= 0.6 is 0 Å². The van der Waals surface area contributed by atoms with Crippen molar-refractivity contribution < 1.29 is 0 Å². The van der Waals surface area contributed by atoms with Crippen molar-refractivity contribution in [2.75, 3.05) is 0 Å². The lowest BCUT2D eigenvalue weighted by Gasteiger charge is -2.15. The van der Waals surface area contributed by atoms with Crippen LogP contribution in [0.1, 0.15) is 19.8 Å². The Balaban J connectivity index is 2.62. The Morgan fingerprint density at radius 2 is 1.82 bits per heavy atom. The van der Waals surface area contributed by atoms with Crippen molar-refractivity contribution >= 4 is 0 Å². The third kappa shape index (κ3) is 1.73. The van der Waals surface area contributed by atoms with E-state index in [9.17, 15) is 0 Å². The van der Waals surface area contributed by atoms with Gasteiger partial charge < -0.3 is 5.32 Å². The molecule has 11 heavy (non-hydrogen) atoms. The van der Waals surface area contributed by atoms with E-state index in [0.29, 0.717) is 0 Å². The highest BCUT2D eigenvalue weighted by molar-refractivity contribution is 5.30. The number of nitrogens with one attached hydrogen (secondary N) is 1. The molecule has 0 amide bonds. The SMILES string of the molecule is C=C(C)NC1C(=C)CCC1=C. The zero-order valence-corrected chi connectivity index (χ0v) is 7.11. The normalized spacial score (nSPS) is 19.0. The van der Waals surface area contributed by atoms with E-state index < -0.39 is 0 Å². The van der Waals surface area contributed by atoms with Crippen LogP contribution in [0.2, 0.25) is 0 Å². The maximum atomic E-state index is 3.97. The molecule has 0 aliphatic heterocycles. The first-order chi connectivity index (χ1) is 5.11. The number of hydrogen-bond donors (Lipinski definition) is 1. The van der Waals surface area contributed by atoms with E-state index in [4.69, 9.17) is 0 Å².